The SMILES string of the molecule is CCC/C=C/C=C/C=C/C=C/C=C/CCCCCC(CC(=O)NC(CO)C(O)CCCCCCCCCCCCCC)OC(=O)CCCCCC/C=C\C/C=C\C/C=C\CCCCC. The molecule has 3 N–H and O–H groups in total. The van der Waals surface area contributed by atoms with Crippen molar-refractivity contribution in [1.29, 1.82) is 0 Å². The molecule has 366 valence electrons. The Labute approximate surface area is 395 Å². The summed E-state index contributed by atoms with van der Waals surface area (Å²) in [6.45, 7) is 6.34. The number of carbonyl (C=O) groups excluding carboxylic acids is 2. The summed E-state index contributed by atoms with van der Waals surface area (Å²) in [5.41, 5.74) is 0. The van der Waals surface area contributed by atoms with Crippen molar-refractivity contribution < 1.29 is 24.5 Å². The second-order valence-electron chi connectivity index (χ2n) is 17.7. The van der Waals surface area contributed by atoms with Gasteiger partial charge >= 0.3 is 5.97 Å². The van der Waals surface area contributed by atoms with E-state index in [9.17, 15) is 19.8 Å². The summed E-state index contributed by atoms with van der Waals surface area (Å²) < 4.78 is 5.91. The molecule has 0 aliphatic rings. The van der Waals surface area contributed by atoms with E-state index < -0.39 is 18.2 Å². The molecule has 0 fully saturated rings. The predicted molar refractivity (Wildman–Crippen MR) is 277 cm³/mol. The van der Waals surface area contributed by atoms with Gasteiger partial charge in [-0.3, -0.25) is 9.59 Å². The highest BCUT2D eigenvalue weighted by molar-refractivity contribution is 5.77. The second-order valence-corrected chi connectivity index (χ2v) is 17.7. The van der Waals surface area contributed by atoms with Gasteiger partial charge in [-0.15, -0.1) is 0 Å². The lowest BCUT2D eigenvalue weighted by Crippen LogP contribution is -2.46. The quantitative estimate of drug-likeness (QED) is 0.0245. The molecule has 0 rings (SSSR count). The minimum Gasteiger partial charge on any atom is -0.462 e. The molecule has 6 heteroatoms. The number of hydrogen-bond acceptors (Lipinski definition) is 5. The Hall–Kier alpha value is -3.22. The first-order chi connectivity index (χ1) is 31.5. The number of esters is 1. The highest BCUT2D eigenvalue weighted by Crippen LogP contribution is 2.17. The second kappa shape index (κ2) is 50.8. The Balaban J connectivity index is 4.74. The van der Waals surface area contributed by atoms with E-state index in [-0.39, 0.29) is 24.9 Å². The largest absolute Gasteiger partial charge is 0.462 e. The Kier molecular flexibility index (Phi) is 48.2. The summed E-state index contributed by atoms with van der Waals surface area (Å²) in [5.74, 6) is -0.547. The molecule has 0 aliphatic heterocycles. The number of ether oxygens (including phenoxy) is 1. The fraction of sp³-hybridized carbons (Fsp3) is 0.690. The monoisotopic (exact) mass is 890 g/mol. The van der Waals surface area contributed by atoms with Crippen LogP contribution < -0.4 is 5.32 Å². The van der Waals surface area contributed by atoms with Crippen LogP contribution in [0.3, 0.4) is 0 Å². The van der Waals surface area contributed by atoms with Gasteiger partial charge in [0, 0.05) is 6.42 Å². The Morgan fingerprint density at radius 2 is 0.891 bits per heavy atom. The normalized spacial score (nSPS) is 14.0. The summed E-state index contributed by atoms with van der Waals surface area (Å²) >= 11 is 0. The highest BCUT2D eigenvalue weighted by atomic mass is 16.5. The Morgan fingerprint density at radius 1 is 0.469 bits per heavy atom. The van der Waals surface area contributed by atoms with Gasteiger partial charge in [-0.25, -0.2) is 0 Å². The Morgan fingerprint density at radius 3 is 1.45 bits per heavy atom. The Bertz CT molecular complexity index is 1270. The van der Waals surface area contributed by atoms with E-state index in [1.807, 2.05) is 36.5 Å². The molecule has 0 saturated carbocycles. The third-order valence-corrected chi connectivity index (χ3v) is 11.5. The molecule has 0 aromatic rings. The number of nitrogens with one attached hydrogen (secondary N) is 1. The average molecular weight is 890 g/mol. The van der Waals surface area contributed by atoms with Crippen LogP contribution in [-0.4, -0.2) is 46.9 Å². The third kappa shape index (κ3) is 45.4. The van der Waals surface area contributed by atoms with Crippen molar-refractivity contribution in [2.75, 3.05) is 6.61 Å². The standard InChI is InChI=1S/C58H99NO5/c1-4-7-10-13-16-19-22-25-27-29-31-33-36-39-42-45-48-51-58(63)64-54(49-46-43-40-37-34-32-30-28-26-23-20-17-14-11-8-5-2)52-57(62)59-55(53-60)56(61)50-47-44-41-38-35-24-21-18-15-12-9-6-3/h11,14,16-17,19-20,23,25-28,30-34,54-56,60-61H,4-10,12-13,15,18,21-22,24,29,35-53H2,1-3H3,(H,59,62)/b14-11+,19-16-,20-17+,26-23+,27-25-,30-28+,33-31-,34-32+. The fourth-order valence-electron chi connectivity index (χ4n) is 7.47. The minimum absolute atomic E-state index is 0.0350. The molecule has 6 nitrogen and oxygen atoms in total. The van der Waals surface area contributed by atoms with Gasteiger partial charge in [0.15, 0.2) is 0 Å². The zero-order chi connectivity index (χ0) is 46.7. The zero-order valence-corrected chi connectivity index (χ0v) is 41.6. The van der Waals surface area contributed by atoms with Crippen molar-refractivity contribution in [1.82, 2.24) is 5.32 Å². The van der Waals surface area contributed by atoms with Crippen LogP contribution in [0.5, 0.6) is 0 Å². The van der Waals surface area contributed by atoms with E-state index in [0.717, 1.165) is 96.3 Å². The number of aliphatic hydroxyl groups is 2. The van der Waals surface area contributed by atoms with E-state index in [1.165, 1.54) is 89.9 Å². The summed E-state index contributed by atoms with van der Waals surface area (Å²) in [7, 11) is 0. The van der Waals surface area contributed by atoms with E-state index in [2.05, 4.69) is 86.8 Å². The summed E-state index contributed by atoms with van der Waals surface area (Å²) in [5, 5.41) is 23.8. The molecule has 64 heavy (non-hydrogen) atoms. The lowest BCUT2D eigenvalue weighted by Gasteiger charge is -2.24. The van der Waals surface area contributed by atoms with Crippen LogP contribution >= 0.6 is 0 Å². The van der Waals surface area contributed by atoms with Crippen LogP contribution in [0.25, 0.3) is 0 Å². The molecule has 0 aromatic heterocycles. The van der Waals surface area contributed by atoms with Gasteiger partial charge in [0.25, 0.3) is 0 Å². The van der Waals surface area contributed by atoms with Gasteiger partial charge in [-0.2, -0.15) is 0 Å². The highest BCUT2D eigenvalue weighted by Gasteiger charge is 2.24. The van der Waals surface area contributed by atoms with Gasteiger partial charge in [0.2, 0.25) is 5.91 Å². The average Bonchev–Trinajstić information content (AvgIpc) is 3.29. The van der Waals surface area contributed by atoms with Crippen molar-refractivity contribution in [2.45, 2.75) is 251 Å². The number of amides is 1. The molecule has 0 bridgehead atoms. The van der Waals surface area contributed by atoms with E-state index in [4.69, 9.17) is 4.74 Å². The first kappa shape index (κ1) is 60.8. The van der Waals surface area contributed by atoms with Crippen molar-refractivity contribution in [2.24, 2.45) is 0 Å². The fourth-order valence-corrected chi connectivity index (χ4v) is 7.47. The lowest BCUT2D eigenvalue weighted by molar-refractivity contribution is -0.151. The van der Waals surface area contributed by atoms with Crippen molar-refractivity contribution >= 4 is 11.9 Å². The molecule has 0 aliphatic carbocycles. The van der Waals surface area contributed by atoms with E-state index in [1.54, 1.807) is 0 Å². The molecule has 3 unspecified atom stereocenters. The van der Waals surface area contributed by atoms with Crippen molar-refractivity contribution in [3.63, 3.8) is 0 Å². The first-order valence-electron chi connectivity index (χ1n) is 26.5. The van der Waals surface area contributed by atoms with E-state index in [0.29, 0.717) is 19.3 Å². The summed E-state index contributed by atoms with van der Waals surface area (Å²) in [6.07, 6.45) is 67.4. The molecule has 1 amide bonds. The maximum Gasteiger partial charge on any atom is 0.306 e. The number of hydrogen-bond donors (Lipinski definition) is 3. The number of rotatable bonds is 46. The molecular formula is C58H99NO5. The van der Waals surface area contributed by atoms with Crippen molar-refractivity contribution in [3.05, 3.63) is 97.2 Å². The van der Waals surface area contributed by atoms with Crippen LogP contribution in [-0.2, 0) is 14.3 Å². The maximum absolute atomic E-state index is 13.2. The van der Waals surface area contributed by atoms with Gasteiger partial charge < -0.3 is 20.3 Å². The van der Waals surface area contributed by atoms with Crippen LogP contribution in [0.2, 0.25) is 0 Å². The van der Waals surface area contributed by atoms with Gasteiger partial charge in [0.1, 0.15) is 6.10 Å². The van der Waals surface area contributed by atoms with Gasteiger partial charge in [0.05, 0.1) is 25.2 Å². The zero-order valence-electron chi connectivity index (χ0n) is 41.6. The smallest absolute Gasteiger partial charge is 0.306 e. The lowest BCUT2D eigenvalue weighted by atomic mass is 10.0. The molecule has 3 atom stereocenters. The number of allylic oxidation sites excluding steroid dienone is 16. The summed E-state index contributed by atoms with van der Waals surface area (Å²) in [4.78, 5) is 26.2. The van der Waals surface area contributed by atoms with Crippen LogP contribution in [0.4, 0.5) is 0 Å². The van der Waals surface area contributed by atoms with Crippen LogP contribution in [0.1, 0.15) is 233 Å². The topological polar surface area (TPSA) is 95.9 Å². The van der Waals surface area contributed by atoms with Crippen LogP contribution in [0.15, 0.2) is 97.2 Å². The minimum atomic E-state index is -0.809. The number of aliphatic hydroxyl groups excluding tert-OH is 2. The molecule has 0 spiro atoms. The predicted octanol–water partition coefficient (Wildman–Crippen LogP) is 16.1. The molecule has 0 saturated heterocycles. The van der Waals surface area contributed by atoms with Crippen LogP contribution in [0, 0.1) is 0 Å². The molecule has 0 radical (unpaired) electrons. The number of unbranched alkanes of at least 4 members (excludes halogenated alkanes) is 22. The third-order valence-electron chi connectivity index (χ3n) is 11.5. The summed E-state index contributed by atoms with van der Waals surface area (Å²) in [6, 6.07) is -0.726. The maximum atomic E-state index is 13.2. The molecular weight excluding hydrogens is 791 g/mol. The van der Waals surface area contributed by atoms with E-state index >= 15 is 0 Å². The van der Waals surface area contributed by atoms with Crippen molar-refractivity contribution in [3.8, 4) is 0 Å². The van der Waals surface area contributed by atoms with Gasteiger partial charge in [-0.1, -0.05) is 234 Å². The molecule has 0 heterocycles. The number of carbonyl (C=O) groups is 2. The first-order valence-corrected chi connectivity index (χ1v) is 26.5. The van der Waals surface area contributed by atoms with Gasteiger partial charge in [-0.05, 0) is 83.5 Å². The molecule has 0 aromatic carbocycles.